The minimum atomic E-state index is -0.653. The number of fused-ring (bicyclic) bond motifs is 2. The van der Waals surface area contributed by atoms with E-state index in [-0.39, 0.29) is 35.6 Å². The number of Topliss-reactive ketones (excluding diaryl/α,β-unsaturated/α-hetero) is 1. The Kier molecular flexibility index (Phi) is 8.39. The lowest BCUT2D eigenvalue weighted by Crippen LogP contribution is -2.52. The van der Waals surface area contributed by atoms with Gasteiger partial charge in [0, 0.05) is 61.5 Å². The van der Waals surface area contributed by atoms with Crippen LogP contribution in [0.15, 0.2) is 47.3 Å². The van der Waals surface area contributed by atoms with Crippen LogP contribution < -0.4 is 5.32 Å². The van der Waals surface area contributed by atoms with E-state index in [1.165, 1.54) is 6.92 Å². The second-order valence-electron chi connectivity index (χ2n) is 13.1. The van der Waals surface area contributed by atoms with Gasteiger partial charge in [-0.3, -0.25) is 24.0 Å². The summed E-state index contributed by atoms with van der Waals surface area (Å²) in [6.45, 7) is 8.96. The van der Waals surface area contributed by atoms with Crippen molar-refractivity contribution in [1.82, 2.24) is 34.5 Å². The molecule has 0 bridgehead atoms. The maximum atomic E-state index is 14.2. The molecule has 47 heavy (non-hydrogen) atoms. The molecule has 244 valence electrons. The van der Waals surface area contributed by atoms with Crippen LogP contribution in [-0.2, 0) is 27.4 Å². The van der Waals surface area contributed by atoms with Gasteiger partial charge in [-0.15, -0.1) is 0 Å². The number of ether oxygens (including phenoxy) is 1. The highest BCUT2D eigenvalue weighted by atomic mass is 79.9. The summed E-state index contributed by atoms with van der Waals surface area (Å²) in [7, 11) is 0. The van der Waals surface area contributed by atoms with E-state index in [1.54, 1.807) is 22.0 Å². The van der Waals surface area contributed by atoms with Crippen molar-refractivity contribution in [3.05, 3.63) is 64.4 Å². The first-order valence-electron chi connectivity index (χ1n) is 16.0. The molecule has 3 fully saturated rings. The van der Waals surface area contributed by atoms with Gasteiger partial charge in [0.05, 0.1) is 18.7 Å². The van der Waals surface area contributed by atoms with Crippen LogP contribution >= 0.6 is 15.9 Å². The summed E-state index contributed by atoms with van der Waals surface area (Å²) in [6, 6.07) is 8.82. The standard InChI is InChI=1S/C34H37BrN8O4/c1-20(44)31-25-14-22(24-16-36-21(2)37-17-24)4-6-26(25)42(40-31)19-30(45)43-27(15-34(3)9-8-28(34)43)33(46)39-32-23(5-7-29(35)38-32)18-41-10-12-47-13-11-41/h4-7,14,16-17,27-28H,8-13,15,18-19H2,1-3H3,(H,38,39,46)/t27-,28+,34+/m0/s1. The Labute approximate surface area is 281 Å². The first-order valence-corrected chi connectivity index (χ1v) is 16.8. The number of rotatable bonds is 8. The maximum Gasteiger partial charge on any atom is 0.248 e. The molecule has 2 aliphatic heterocycles. The first-order chi connectivity index (χ1) is 22.6. The van der Waals surface area contributed by atoms with Crippen molar-refractivity contribution in [2.24, 2.45) is 5.41 Å². The van der Waals surface area contributed by atoms with Crippen LogP contribution in [0.2, 0.25) is 0 Å². The van der Waals surface area contributed by atoms with Gasteiger partial charge in [0.15, 0.2) is 5.78 Å². The Bertz CT molecular complexity index is 1870. The molecule has 1 N–H and O–H groups in total. The van der Waals surface area contributed by atoms with Gasteiger partial charge in [-0.25, -0.2) is 15.0 Å². The Morgan fingerprint density at radius 2 is 1.85 bits per heavy atom. The summed E-state index contributed by atoms with van der Waals surface area (Å²) in [4.78, 5) is 58.1. The molecule has 3 aliphatic rings. The number of amides is 2. The van der Waals surface area contributed by atoms with Gasteiger partial charge in [-0.05, 0) is 71.3 Å². The molecule has 2 saturated heterocycles. The van der Waals surface area contributed by atoms with Crippen LogP contribution in [0.5, 0.6) is 0 Å². The Hall–Kier alpha value is -4.07. The highest BCUT2D eigenvalue weighted by Crippen LogP contribution is 2.54. The number of nitrogens with one attached hydrogen (secondary N) is 1. The van der Waals surface area contributed by atoms with Crippen LogP contribution in [0.25, 0.3) is 22.0 Å². The predicted octanol–water partition coefficient (Wildman–Crippen LogP) is 4.40. The van der Waals surface area contributed by atoms with Crippen LogP contribution in [0.1, 0.15) is 55.0 Å². The third-order valence-electron chi connectivity index (χ3n) is 9.88. The number of hydrogen-bond donors (Lipinski definition) is 1. The lowest BCUT2D eigenvalue weighted by molar-refractivity contribution is -0.141. The SMILES string of the molecule is CC(=O)c1nn(CC(=O)N2[C@H](C(=O)Nc3nc(Br)ccc3CN3CCOCC3)C[C@@]3(C)CC[C@@H]23)c2ccc(-c3cnc(C)nc3)cc12. The summed E-state index contributed by atoms with van der Waals surface area (Å²) in [5, 5.41) is 8.34. The van der Waals surface area contributed by atoms with Crippen LogP contribution in [0, 0.1) is 12.3 Å². The lowest BCUT2D eigenvalue weighted by atomic mass is 9.66. The Morgan fingerprint density at radius 1 is 1.09 bits per heavy atom. The minimum Gasteiger partial charge on any atom is -0.379 e. The van der Waals surface area contributed by atoms with Crippen LogP contribution in [0.3, 0.4) is 0 Å². The molecule has 1 saturated carbocycles. The smallest absolute Gasteiger partial charge is 0.248 e. The number of hydrogen-bond acceptors (Lipinski definition) is 9. The molecule has 13 heteroatoms. The fourth-order valence-electron chi connectivity index (χ4n) is 7.19. The molecule has 3 atom stereocenters. The molecular weight excluding hydrogens is 664 g/mol. The number of morpholine rings is 1. The number of carbonyl (C=O) groups excluding carboxylic acids is 3. The maximum absolute atomic E-state index is 14.2. The van der Waals surface area contributed by atoms with E-state index in [2.05, 4.69) is 53.1 Å². The number of likely N-dealkylation sites (tertiary alicyclic amines) is 1. The zero-order valence-electron chi connectivity index (χ0n) is 26.7. The van der Waals surface area contributed by atoms with E-state index >= 15 is 0 Å². The molecule has 0 spiro atoms. The van der Waals surface area contributed by atoms with Crippen molar-refractivity contribution in [2.45, 2.75) is 65.2 Å². The number of nitrogens with zero attached hydrogens (tertiary/aromatic N) is 7. The monoisotopic (exact) mass is 700 g/mol. The molecule has 0 radical (unpaired) electrons. The van der Waals surface area contributed by atoms with Gasteiger partial charge in [-0.2, -0.15) is 5.10 Å². The third kappa shape index (κ3) is 6.07. The second kappa shape index (κ2) is 12.5. The molecular formula is C34H37BrN8O4. The summed E-state index contributed by atoms with van der Waals surface area (Å²) >= 11 is 3.46. The van der Waals surface area contributed by atoms with Gasteiger partial charge in [0.25, 0.3) is 0 Å². The topological polar surface area (TPSA) is 135 Å². The molecule has 12 nitrogen and oxygen atoms in total. The van der Waals surface area contributed by atoms with Gasteiger partial charge in [0.1, 0.15) is 34.5 Å². The van der Waals surface area contributed by atoms with E-state index in [0.29, 0.717) is 59.0 Å². The zero-order chi connectivity index (χ0) is 32.9. The predicted molar refractivity (Wildman–Crippen MR) is 179 cm³/mol. The molecule has 7 rings (SSSR count). The van der Waals surface area contributed by atoms with Gasteiger partial charge >= 0.3 is 0 Å². The number of pyridine rings is 1. The van der Waals surface area contributed by atoms with Crippen molar-refractivity contribution in [1.29, 1.82) is 0 Å². The third-order valence-corrected chi connectivity index (χ3v) is 10.3. The summed E-state index contributed by atoms with van der Waals surface area (Å²) in [5.74, 6) is 0.514. The molecule has 3 aromatic heterocycles. The van der Waals surface area contributed by atoms with Crippen molar-refractivity contribution in [2.75, 3.05) is 31.6 Å². The quantitative estimate of drug-likeness (QED) is 0.210. The fraction of sp³-hybridized carbons (Fsp3) is 0.441. The van der Waals surface area contributed by atoms with Crippen LogP contribution in [-0.4, -0.2) is 90.5 Å². The van der Waals surface area contributed by atoms with Crippen molar-refractivity contribution >= 4 is 50.2 Å². The van der Waals surface area contributed by atoms with Crippen molar-refractivity contribution in [3.8, 4) is 11.1 Å². The second-order valence-corrected chi connectivity index (χ2v) is 13.9. The van der Waals surface area contributed by atoms with Crippen molar-refractivity contribution in [3.63, 3.8) is 0 Å². The fourth-order valence-corrected chi connectivity index (χ4v) is 7.50. The van der Waals surface area contributed by atoms with E-state index in [0.717, 1.165) is 42.6 Å². The number of aromatic nitrogens is 5. The van der Waals surface area contributed by atoms with E-state index in [1.807, 2.05) is 37.3 Å². The van der Waals surface area contributed by atoms with Gasteiger partial charge in [0.2, 0.25) is 11.8 Å². The number of anilines is 1. The lowest BCUT2D eigenvalue weighted by Gasteiger charge is -2.44. The number of ketones is 1. The van der Waals surface area contributed by atoms with Gasteiger partial charge < -0.3 is 15.0 Å². The summed E-state index contributed by atoms with van der Waals surface area (Å²) in [5.41, 5.74) is 3.40. The summed E-state index contributed by atoms with van der Waals surface area (Å²) < 4.78 is 7.70. The normalized spacial score (nSPS) is 22.6. The Morgan fingerprint density at radius 3 is 2.55 bits per heavy atom. The molecule has 4 aromatic rings. The molecule has 5 heterocycles. The number of aryl methyl sites for hydroxylation is 1. The van der Waals surface area contributed by atoms with Crippen molar-refractivity contribution < 1.29 is 19.1 Å². The molecule has 1 aromatic carbocycles. The summed E-state index contributed by atoms with van der Waals surface area (Å²) in [6.07, 6.45) is 5.85. The number of halogens is 1. The zero-order valence-corrected chi connectivity index (χ0v) is 28.3. The molecule has 0 unspecified atom stereocenters. The highest BCUT2D eigenvalue weighted by Gasteiger charge is 2.58. The highest BCUT2D eigenvalue weighted by molar-refractivity contribution is 9.10. The first kappa shape index (κ1) is 31.5. The molecule has 2 amide bonds. The van der Waals surface area contributed by atoms with E-state index in [9.17, 15) is 14.4 Å². The minimum absolute atomic E-state index is 0.0451. The number of carbonyl (C=O) groups is 3. The van der Waals surface area contributed by atoms with E-state index in [4.69, 9.17) is 4.74 Å². The average Bonchev–Trinajstić information content (AvgIpc) is 3.51. The number of benzene rings is 1. The average molecular weight is 702 g/mol. The molecule has 1 aliphatic carbocycles. The van der Waals surface area contributed by atoms with E-state index < -0.39 is 6.04 Å². The van der Waals surface area contributed by atoms with Gasteiger partial charge in [-0.1, -0.05) is 19.1 Å². The van der Waals surface area contributed by atoms with Crippen LogP contribution in [0.4, 0.5) is 5.82 Å². The Balaban J connectivity index is 1.15. The largest absolute Gasteiger partial charge is 0.379 e.